The van der Waals surface area contributed by atoms with Gasteiger partial charge in [0.15, 0.2) is 0 Å². The number of ether oxygens (including phenoxy) is 1. The van der Waals surface area contributed by atoms with E-state index in [1.165, 1.54) is 0 Å². The van der Waals surface area contributed by atoms with Crippen LogP contribution in [0.15, 0.2) is 0 Å². The van der Waals surface area contributed by atoms with Crippen molar-refractivity contribution in [2.75, 3.05) is 0 Å². The second-order valence-electron chi connectivity index (χ2n) is 9.16. The molecule has 0 heterocycles. The maximum absolute atomic E-state index is 12.4. The molecule has 0 N–H and O–H groups in total. The first kappa shape index (κ1) is 25.6. The molecule has 3 aliphatic rings. The summed E-state index contributed by atoms with van der Waals surface area (Å²) < 4.78 is 63.8. The monoisotopic (exact) mass is 414 g/mol. The van der Waals surface area contributed by atoms with Crippen molar-refractivity contribution >= 4 is 0 Å². The standard InChI is InChI=1S/C8H13F3O.2C7H13F/c1-6-2-4-7(5-3-6)12-8(9,10)11;2*1-6-2-4-7(8)5-3-6/h6-7H,2-5H2,1H3;2*6-7H,2-5H2,1H3. The van der Waals surface area contributed by atoms with Gasteiger partial charge in [0.25, 0.3) is 0 Å². The number of alkyl halides is 5. The van der Waals surface area contributed by atoms with E-state index in [4.69, 9.17) is 0 Å². The second kappa shape index (κ2) is 13.0. The van der Waals surface area contributed by atoms with Gasteiger partial charge in [-0.2, -0.15) is 0 Å². The summed E-state index contributed by atoms with van der Waals surface area (Å²) in [6.45, 7) is 6.46. The third kappa shape index (κ3) is 12.9. The minimum atomic E-state index is -4.45. The van der Waals surface area contributed by atoms with E-state index in [1.807, 2.05) is 0 Å². The number of hydrogen-bond donors (Lipinski definition) is 0. The molecule has 6 heteroatoms. The van der Waals surface area contributed by atoms with Crippen LogP contribution >= 0.6 is 0 Å². The lowest BCUT2D eigenvalue weighted by atomic mass is 9.89. The Morgan fingerprint density at radius 1 is 0.536 bits per heavy atom. The molecule has 0 aliphatic heterocycles. The normalized spacial score (nSPS) is 36.4. The lowest BCUT2D eigenvalue weighted by Gasteiger charge is -2.26. The first-order chi connectivity index (χ1) is 13.0. The lowest BCUT2D eigenvalue weighted by Crippen LogP contribution is -2.27. The molecule has 0 aromatic rings. The Labute approximate surface area is 167 Å². The van der Waals surface area contributed by atoms with Gasteiger partial charge in [0.2, 0.25) is 0 Å². The van der Waals surface area contributed by atoms with Crippen molar-refractivity contribution in [2.45, 2.75) is 123 Å². The van der Waals surface area contributed by atoms with Gasteiger partial charge in [-0.3, -0.25) is 4.74 Å². The summed E-state index contributed by atoms with van der Waals surface area (Å²) in [5.74, 6) is 2.11. The first-order valence-corrected chi connectivity index (χ1v) is 11.1. The zero-order valence-electron chi connectivity index (χ0n) is 17.7. The summed E-state index contributed by atoms with van der Waals surface area (Å²) in [4.78, 5) is 0. The molecule has 0 unspecified atom stereocenters. The molecule has 3 saturated carbocycles. The Kier molecular flexibility index (Phi) is 11.9. The van der Waals surface area contributed by atoms with Gasteiger partial charge in [-0.25, -0.2) is 8.78 Å². The molecular formula is C22H39F5O. The number of rotatable bonds is 1. The van der Waals surface area contributed by atoms with Crippen LogP contribution in [0.3, 0.4) is 0 Å². The fourth-order valence-corrected chi connectivity index (χ4v) is 3.98. The summed E-state index contributed by atoms with van der Waals surface area (Å²) in [6, 6.07) is 0. The minimum Gasteiger partial charge on any atom is -0.289 e. The van der Waals surface area contributed by atoms with Crippen molar-refractivity contribution in [1.29, 1.82) is 0 Å². The van der Waals surface area contributed by atoms with E-state index in [-0.39, 0.29) is 0 Å². The number of halogens is 5. The highest BCUT2D eigenvalue weighted by atomic mass is 19.4. The fourth-order valence-electron chi connectivity index (χ4n) is 3.98. The molecule has 0 atom stereocenters. The molecule has 3 rings (SSSR count). The van der Waals surface area contributed by atoms with Crippen molar-refractivity contribution in [3.8, 4) is 0 Å². The largest absolute Gasteiger partial charge is 0.522 e. The molecule has 3 aliphatic carbocycles. The van der Waals surface area contributed by atoms with Gasteiger partial charge in [0.1, 0.15) is 12.3 Å². The Balaban J connectivity index is 0.000000217. The SMILES string of the molecule is CC1CCC(F)CC1.CC1CCC(F)CC1.CC1CCC(OC(F)(F)F)CC1. The molecule has 0 saturated heterocycles. The van der Waals surface area contributed by atoms with Gasteiger partial charge in [-0.1, -0.05) is 20.8 Å². The molecule has 0 aromatic heterocycles. The summed E-state index contributed by atoms with van der Waals surface area (Å²) >= 11 is 0. The summed E-state index contributed by atoms with van der Waals surface area (Å²) in [5.41, 5.74) is 0. The average molecular weight is 415 g/mol. The van der Waals surface area contributed by atoms with Crippen LogP contribution in [0, 0.1) is 17.8 Å². The van der Waals surface area contributed by atoms with Crippen LogP contribution in [-0.2, 0) is 4.74 Å². The Bertz CT molecular complexity index is 337. The molecule has 0 bridgehead atoms. The van der Waals surface area contributed by atoms with Crippen LogP contribution < -0.4 is 0 Å². The maximum atomic E-state index is 12.4. The van der Waals surface area contributed by atoms with E-state index in [9.17, 15) is 22.0 Å². The van der Waals surface area contributed by atoms with Crippen molar-refractivity contribution < 1.29 is 26.7 Å². The Morgan fingerprint density at radius 2 is 0.821 bits per heavy atom. The quantitative estimate of drug-likeness (QED) is 0.393. The average Bonchev–Trinajstić information content (AvgIpc) is 2.62. The molecule has 0 aromatic carbocycles. The number of hydrogen-bond acceptors (Lipinski definition) is 1. The summed E-state index contributed by atoms with van der Waals surface area (Å²) in [6.07, 6.45) is 4.39. The van der Waals surface area contributed by atoms with Crippen LogP contribution in [0.4, 0.5) is 22.0 Å². The highest BCUT2D eigenvalue weighted by Crippen LogP contribution is 2.30. The van der Waals surface area contributed by atoms with E-state index < -0.39 is 24.8 Å². The third-order valence-electron chi connectivity index (χ3n) is 6.15. The lowest BCUT2D eigenvalue weighted by molar-refractivity contribution is -0.345. The van der Waals surface area contributed by atoms with E-state index >= 15 is 0 Å². The van der Waals surface area contributed by atoms with Crippen molar-refractivity contribution in [1.82, 2.24) is 0 Å². The molecule has 168 valence electrons. The molecule has 1 nitrogen and oxygen atoms in total. The zero-order valence-corrected chi connectivity index (χ0v) is 17.7. The third-order valence-corrected chi connectivity index (χ3v) is 6.15. The zero-order chi connectivity index (χ0) is 21.2. The first-order valence-electron chi connectivity index (χ1n) is 11.1. The highest BCUT2D eigenvalue weighted by molar-refractivity contribution is 4.70. The van der Waals surface area contributed by atoms with Crippen LogP contribution in [0.2, 0.25) is 0 Å². The van der Waals surface area contributed by atoms with Crippen molar-refractivity contribution in [3.05, 3.63) is 0 Å². The van der Waals surface area contributed by atoms with E-state index in [0.717, 1.165) is 76.0 Å². The topological polar surface area (TPSA) is 9.23 Å². The van der Waals surface area contributed by atoms with Crippen molar-refractivity contribution in [3.63, 3.8) is 0 Å². The minimum absolute atomic E-state index is 0.480. The van der Waals surface area contributed by atoms with Gasteiger partial charge in [-0.15, -0.1) is 13.2 Å². The van der Waals surface area contributed by atoms with Gasteiger partial charge in [0, 0.05) is 0 Å². The Morgan fingerprint density at radius 3 is 1.07 bits per heavy atom. The summed E-state index contributed by atoms with van der Waals surface area (Å²) in [7, 11) is 0. The summed E-state index contributed by atoms with van der Waals surface area (Å²) in [5, 5.41) is 0. The van der Waals surface area contributed by atoms with Gasteiger partial charge in [-0.05, 0) is 94.8 Å². The molecule has 3 fully saturated rings. The van der Waals surface area contributed by atoms with Crippen LogP contribution in [0.5, 0.6) is 0 Å². The predicted molar refractivity (Wildman–Crippen MR) is 104 cm³/mol. The van der Waals surface area contributed by atoms with Crippen molar-refractivity contribution in [2.24, 2.45) is 17.8 Å². The van der Waals surface area contributed by atoms with Gasteiger partial charge >= 0.3 is 6.36 Å². The molecule has 0 amide bonds. The van der Waals surface area contributed by atoms with Crippen LogP contribution in [-0.4, -0.2) is 24.8 Å². The molecular weight excluding hydrogens is 375 g/mol. The van der Waals surface area contributed by atoms with Gasteiger partial charge in [0.05, 0.1) is 6.10 Å². The fraction of sp³-hybridized carbons (Fsp3) is 1.00. The van der Waals surface area contributed by atoms with Gasteiger partial charge < -0.3 is 0 Å². The van der Waals surface area contributed by atoms with Crippen LogP contribution in [0.1, 0.15) is 97.8 Å². The van der Waals surface area contributed by atoms with E-state index in [1.54, 1.807) is 0 Å². The van der Waals surface area contributed by atoms with Crippen LogP contribution in [0.25, 0.3) is 0 Å². The smallest absolute Gasteiger partial charge is 0.289 e. The van der Waals surface area contributed by atoms with E-state index in [2.05, 4.69) is 25.5 Å². The Hall–Kier alpha value is -0.390. The molecule has 0 spiro atoms. The highest BCUT2D eigenvalue weighted by Gasteiger charge is 2.34. The second-order valence-corrected chi connectivity index (χ2v) is 9.16. The molecule has 28 heavy (non-hydrogen) atoms. The van der Waals surface area contributed by atoms with E-state index in [0.29, 0.717) is 18.8 Å². The predicted octanol–water partition coefficient (Wildman–Crippen LogP) is 8.17. The maximum Gasteiger partial charge on any atom is 0.522 e. The molecule has 0 radical (unpaired) electrons.